The molecule has 9 rings (SSSR count). The molecular weight excluding hydrogens is 1360 g/mol. The first-order valence-electron chi connectivity index (χ1n) is 39.5. The molecule has 19 nitrogen and oxygen atoms in total. The van der Waals surface area contributed by atoms with Crippen molar-refractivity contribution in [3.63, 3.8) is 0 Å². The molecule has 23 atom stereocenters. The molecule has 2 aliphatic heterocycles. The van der Waals surface area contributed by atoms with Gasteiger partial charge in [0, 0.05) is 111 Å². The van der Waals surface area contributed by atoms with Gasteiger partial charge in [-0.3, -0.25) is 14.4 Å². The molecule has 0 amide bonds. The molecule has 0 bridgehead atoms. The van der Waals surface area contributed by atoms with Gasteiger partial charge in [0.1, 0.15) is 30.7 Å². The molecule has 12 N–H and O–H groups in total. The van der Waals surface area contributed by atoms with Crippen molar-refractivity contribution >= 4 is 23.9 Å². The Kier molecular flexibility index (Phi) is 38.7. The highest BCUT2D eigenvalue weighted by atomic mass is 16.5. The van der Waals surface area contributed by atoms with E-state index >= 15 is 0 Å². The topological polar surface area (TPSA) is 339 Å². The van der Waals surface area contributed by atoms with Gasteiger partial charge in [0.25, 0.3) is 0 Å². The maximum Gasteiger partial charge on any atom is 0.329 e. The van der Waals surface area contributed by atoms with Gasteiger partial charge in [-0.05, 0) is 144 Å². The third kappa shape index (κ3) is 28.8. The Balaban J connectivity index is 0.000000224. The van der Waals surface area contributed by atoms with Gasteiger partial charge in [0.05, 0.1) is 55.1 Å². The molecule has 7 fully saturated rings. The third-order valence-corrected chi connectivity index (χ3v) is 22.6. The van der Waals surface area contributed by atoms with Crippen molar-refractivity contribution in [1.29, 1.82) is 0 Å². The molecule has 590 valence electrons. The number of benzene rings is 1. The minimum absolute atomic E-state index is 0.0173. The van der Waals surface area contributed by atoms with E-state index in [1.54, 1.807) is 19.9 Å². The summed E-state index contributed by atoms with van der Waals surface area (Å²) in [5, 5.41) is 117. The molecule has 0 radical (unpaired) electrons. The summed E-state index contributed by atoms with van der Waals surface area (Å²) in [6.07, 6.45) is 32.1. The van der Waals surface area contributed by atoms with Crippen molar-refractivity contribution in [1.82, 2.24) is 0 Å². The van der Waals surface area contributed by atoms with Gasteiger partial charge in [-0.15, -0.1) is 35.5 Å². The van der Waals surface area contributed by atoms with Gasteiger partial charge in [0.2, 0.25) is 0 Å². The zero-order chi connectivity index (χ0) is 78.1. The Morgan fingerprint density at radius 1 is 0.570 bits per heavy atom. The van der Waals surface area contributed by atoms with E-state index in [-0.39, 0.29) is 97.4 Å². The number of aliphatic hydroxyl groups is 8. The summed E-state index contributed by atoms with van der Waals surface area (Å²) in [6.45, 7) is 13.6. The second kappa shape index (κ2) is 46.5. The smallest absolute Gasteiger partial charge is 0.329 e. The predicted octanol–water partition coefficient (Wildman–Crippen LogP) is 12.5. The fraction of sp³-hybridized carbons (Fsp3) is 0.659. The highest BCUT2D eigenvalue weighted by Gasteiger charge is 2.51. The molecule has 8 aliphatic rings. The van der Waals surface area contributed by atoms with Crippen LogP contribution in [0.3, 0.4) is 0 Å². The maximum atomic E-state index is 10.8. The van der Waals surface area contributed by atoms with Crippen LogP contribution in [0.5, 0.6) is 5.75 Å². The van der Waals surface area contributed by atoms with E-state index in [0.29, 0.717) is 94.5 Å². The normalized spacial score (nSPS) is 29.9. The van der Waals surface area contributed by atoms with Gasteiger partial charge in [-0.1, -0.05) is 144 Å². The summed E-state index contributed by atoms with van der Waals surface area (Å²) in [5.74, 6) is 24.3. The highest BCUT2D eigenvalue weighted by molar-refractivity contribution is 5.68. The lowest BCUT2D eigenvalue weighted by atomic mass is 9.86. The molecule has 19 heteroatoms. The molecule has 0 spiro atoms. The molecule has 2 heterocycles. The number of unbranched alkanes of at least 4 members (excludes halogenated alkanes) is 4. The van der Waals surface area contributed by atoms with Gasteiger partial charge in [-0.25, -0.2) is 4.79 Å². The Morgan fingerprint density at radius 3 is 1.77 bits per heavy atom. The van der Waals surface area contributed by atoms with Crippen LogP contribution in [0.15, 0.2) is 89.8 Å². The summed E-state index contributed by atoms with van der Waals surface area (Å²) in [4.78, 5) is 42.4. The van der Waals surface area contributed by atoms with E-state index in [1.165, 1.54) is 11.1 Å². The van der Waals surface area contributed by atoms with Crippen molar-refractivity contribution in [3.05, 3.63) is 101 Å². The first-order chi connectivity index (χ1) is 51.3. The molecule has 107 heavy (non-hydrogen) atoms. The number of aliphatic carboxylic acids is 4. The molecular formula is C88H124O19. The molecule has 6 aliphatic carbocycles. The predicted molar refractivity (Wildman–Crippen MR) is 411 cm³/mol. The molecule has 1 aromatic carbocycles. The van der Waals surface area contributed by atoms with Crippen LogP contribution in [-0.2, 0) is 35.1 Å². The number of carboxylic acid groups (broad SMARTS) is 4. The van der Waals surface area contributed by atoms with Crippen molar-refractivity contribution in [2.24, 2.45) is 71.0 Å². The van der Waals surface area contributed by atoms with E-state index in [2.05, 4.69) is 60.4 Å². The van der Waals surface area contributed by atoms with Crippen LogP contribution in [0.4, 0.5) is 0 Å². The number of ether oxygens (including phenoxy) is 3. The number of fused-ring (bicyclic) bond motifs is 6. The highest BCUT2D eigenvalue weighted by Crippen LogP contribution is 2.54. The second-order valence-electron chi connectivity index (χ2n) is 30.8. The van der Waals surface area contributed by atoms with Gasteiger partial charge < -0.3 is 75.5 Å². The molecule has 1 aromatic rings. The summed E-state index contributed by atoms with van der Waals surface area (Å²) in [5.41, 5.74) is 4.76. The number of hydrogen-bond donors (Lipinski definition) is 12. The van der Waals surface area contributed by atoms with Crippen LogP contribution in [0, 0.1) is 118 Å². The number of carboxylic acids is 4. The third-order valence-electron chi connectivity index (χ3n) is 22.6. The van der Waals surface area contributed by atoms with E-state index in [9.17, 15) is 60.0 Å². The maximum absolute atomic E-state index is 10.8. The zero-order valence-corrected chi connectivity index (χ0v) is 64.2. The Hall–Kier alpha value is -6.98. The summed E-state index contributed by atoms with van der Waals surface area (Å²) in [6, 6.07) is 6.01. The monoisotopic (exact) mass is 1480 g/mol. The van der Waals surface area contributed by atoms with Gasteiger partial charge in [0.15, 0.2) is 0 Å². The lowest BCUT2D eigenvalue weighted by molar-refractivity contribution is -0.142. The quantitative estimate of drug-likeness (QED) is 0.0181. The van der Waals surface area contributed by atoms with Crippen molar-refractivity contribution in [2.45, 2.75) is 282 Å². The summed E-state index contributed by atoms with van der Waals surface area (Å²) < 4.78 is 17.2. The van der Waals surface area contributed by atoms with Crippen LogP contribution in [0.1, 0.15) is 226 Å². The van der Waals surface area contributed by atoms with Gasteiger partial charge in [-0.2, -0.15) is 0 Å². The fourth-order valence-corrected chi connectivity index (χ4v) is 16.5. The van der Waals surface area contributed by atoms with E-state index in [0.717, 1.165) is 106 Å². The lowest BCUT2D eigenvalue weighted by Gasteiger charge is -2.19. The molecule has 1 saturated heterocycles. The van der Waals surface area contributed by atoms with Crippen molar-refractivity contribution in [3.8, 4) is 53.1 Å². The Morgan fingerprint density at radius 2 is 1.13 bits per heavy atom. The number of allylic oxidation sites excluding steroid dienone is 5. The van der Waals surface area contributed by atoms with Crippen LogP contribution < -0.4 is 4.74 Å². The average molecular weight is 1490 g/mol. The standard InChI is InChI=1S/C24H30O5.C22H30O5.C22H32O4.C20H32O5/c1-3-4-7-15(2)19(25)13-12-17-20(26)14-21-23(17)18-10-5-8-16(24(18)29-21)9-6-11-22(27)28;1-3-4-5-6-15(2)20(23)8-7-18-19-12-16(9-10-27-14-22(25)26)11-17(19)13-21(18)24;1-3-4-7-15(2)20(23)11-10-18-19-13-16(8-5-6-9-22(25)26)12-17(19)14-21(18)24;1-2-3-4-7-14(21)10-11-16-17-12-15(8-5-6-9-20(23)24)25-19(17)13-18(16)22/h5,8,10,12-13,15,17,19-21,23,25-26H,6-7,9,11,14H2,1-2H3,(H,27,28);9,15,17-21,23-24H,3,6,10-14H2,1-2H3,(H,25,26);8,10-11,15,17-21,23-24H,5-7,9,12-14H2,1-2H3,(H,25,26);8,10-11,14,16-19,21-22H,2-7,9,12-13H2,1H3,(H,23,24)/b13-12+;16-9+;11-10+,16-8+;11-10+,15-8-/t15?,17-,19+,20+,21-,23-;15-,17-,18+,19-,20+,21+;15?,17-,18?,19-,20+,21+;14-,16+,17+,18+,19-/m0000/s1. The number of rotatable bonds is 32. The summed E-state index contributed by atoms with van der Waals surface area (Å²) >= 11 is 0. The minimum Gasteiger partial charge on any atom is -0.495 e. The number of aliphatic hydroxyl groups excluding tert-OH is 8. The second-order valence-corrected chi connectivity index (χ2v) is 30.8. The lowest BCUT2D eigenvalue weighted by Crippen LogP contribution is -2.19. The van der Waals surface area contributed by atoms with Crippen LogP contribution in [-0.4, -0.2) is 159 Å². The first-order valence-corrected chi connectivity index (χ1v) is 39.5. The Labute approximate surface area is 636 Å². The minimum atomic E-state index is -0.969. The number of carbonyl (C=O) groups is 4. The fourth-order valence-electron chi connectivity index (χ4n) is 16.5. The molecule has 0 aromatic heterocycles. The zero-order valence-electron chi connectivity index (χ0n) is 64.2. The van der Waals surface area contributed by atoms with Crippen molar-refractivity contribution in [2.75, 3.05) is 13.2 Å². The summed E-state index contributed by atoms with van der Waals surface area (Å²) in [7, 11) is 0. The average Bonchev–Trinajstić information content (AvgIpc) is 1.60. The SMILES string of the molecule is CC#CCC(C)[C@H](O)/C=C/C1[C@H](O)C[C@@H]2C/C(=C\CCCC(=O)O)C[C@H]12.CC#CCC(C)[C@H](O)/C=C/[C@@H]1[C@H]2c3cccc(CCCC(=O)O)c3O[C@H]2C[C@H]1O.CCC#CC[C@H](C)[C@H](O)C#C[C@@H]1[C@H]2C/C(=C/COCC(=O)O)C[C@H]2C[C@H]1O.CCCCC[C@H](O)/C=C/[C@@H]1[C@H]2C/C(=C/CCCC(=O)O)O[C@H]2C[C@H]1O. The van der Waals surface area contributed by atoms with E-state index in [1.807, 2.05) is 88.4 Å². The van der Waals surface area contributed by atoms with Gasteiger partial charge >= 0.3 is 23.9 Å². The van der Waals surface area contributed by atoms with Crippen LogP contribution in [0.2, 0.25) is 0 Å². The number of hydrogen-bond acceptors (Lipinski definition) is 15. The van der Waals surface area contributed by atoms with Crippen molar-refractivity contribution < 1.29 is 94.7 Å². The Bertz CT molecular complexity index is 3440. The van der Waals surface area contributed by atoms with E-state index < -0.39 is 66.6 Å². The molecule has 3 unspecified atom stereocenters. The van der Waals surface area contributed by atoms with Crippen LogP contribution >= 0.6 is 0 Å². The first kappa shape index (κ1) is 88.9. The van der Waals surface area contributed by atoms with Crippen LogP contribution in [0.25, 0.3) is 0 Å². The largest absolute Gasteiger partial charge is 0.495 e. The van der Waals surface area contributed by atoms with E-state index in [4.69, 9.17) is 34.6 Å². The number of para-hydroxylation sites is 1. The molecule has 6 saturated carbocycles. The number of aryl methyl sites for hydroxylation is 1.